The molecular weight excluding hydrogens is 322 g/mol. The fraction of sp³-hybridized carbons (Fsp3) is 0.625. The summed E-state index contributed by atoms with van der Waals surface area (Å²) in [5.74, 6) is 0.950. The minimum atomic E-state index is 0.682. The Morgan fingerprint density at radius 2 is 1.95 bits per heavy atom. The fourth-order valence-electron chi connectivity index (χ4n) is 3.14. The second-order valence-corrected chi connectivity index (χ2v) is 6.60. The van der Waals surface area contributed by atoms with E-state index < -0.39 is 0 Å². The van der Waals surface area contributed by atoms with Gasteiger partial charge in [0.1, 0.15) is 0 Å². The first-order chi connectivity index (χ1) is 9.15. The zero-order valence-corrected chi connectivity index (χ0v) is 14.2. The average Bonchev–Trinajstić information content (AvgIpc) is 2.46. The first kappa shape index (κ1) is 15.2. The summed E-state index contributed by atoms with van der Waals surface area (Å²) in [5, 5.41) is 1.68. The summed E-state index contributed by atoms with van der Waals surface area (Å²) in [7, 11) is 2.23. The lowest BCUT2D eigenvalue weighted by Crippen LogP contribution is -2.35. The number of hydrogen-bond donors (Lipinski definition) is 0. The lowest BCUT2D eigenvalue weighted by molar-refractivity contribution is 0.313. The van der Waals surface area contributed by atoms with Crippen LogP contribution in [0.25, 0.3) is 0 Å². The third kappa shape index (κ3) is 3.66. The van der Waals surface area contributed by atoms with Crippen molar-refractivity contribution in [3.63, 3.8) is 0 Å². The fourth-order valence-corrected chi connectivity index (χ4v) is 3.79. The Morgan fingerprint density at radius 1 is 1.26 bits per heavy atom. The Bertz CT molecular complexity index is 413. The standard InChI is InChI=1S/C16H23BrClN/c1-3-12-4-7-15(8-5-12)19(2)16-9-6-14(18)10-13(16)11-17/h6,9-10,12,15H,3-5,7-8,11H2,1-2H3. The first-order valence-corrected chi connectivity index (χ1v) is 8.72. The molecular formula is C16H23BrClN. The highest BCUT2D eigenvalue weighted by molar-refractivity contribution is 9.08. The summed E-state index contributed by atoms with van der Waals surface area (Å²) in [4.78, 5) is 2.46. The van der Waals surface area contributed by atoms with E-state index in [1.54, 1.807) is 0 Å². The van der Waals surface area contributed by atoms with Crippen molar-refractivity contribution in [3.05, 3.63) is 28.8 Å². The molecule has 1 nitrogen and oxygen atoms in total. The highest BCUT2D eigenvalue weighted by Crippen LogP contribution is 2.33. The molecule has 1 aromatic rings. The van der Waals surface area contributed by atoms with Gasteiger partial charge in [-0.15, -0.1) is 0 Å². The van der Waals surface area contributed by atoms with Crippen molar-refractivity contribution in [2.75, 3.05) is 11.9 Å². The lowest BCUT2D eigenvalue weighted by atomic mass is 9.84. The van der Waals surface area contributed by atoms with Crippen molar-refractivity contribution < 1.29 is 0 Å². The van der Waals surface area contributed by atoms with Gasteiger partial charge in [0.15, 0.2) is 0 Å². The Labute approximate surface area is 130 Å². The zero-order valence-electron chi connectivity index (χ0n) is 11.8. The van der Waals surface area contributed by atoms with Crippen molar-refractivity contribution in [3.8, 4) is 0 Å². The first-order valence-electron chi connectivity index (χ1n) is 7.23. The van der Waals surface area contributed by atoms with Crippen LogP contribution in [0.3, 0.4) is 0 Å². The predicted molar refractivity (Wildman–Crippen MR) is 88.5 cm³/mol. The number of rotatable bonds is 4. The normalized spacial score (nSPS) is 23.4. The third-order valence-electron chi connectivity index (χ3n) is 4.51. The van der Waals surface area contributed by atoms with Crippen LogP contribution < -0.4 is 4.90 Å². The van der Waals surface area contributed by atoms with E-state index in [0.717, 1.165) is 16.3 Å². The summed E-state index contributed by atoms with van der Waals surface area (Å²) < 4.78 is 0. The van der Waals surface area contributed by atoms with E-state index in [0.29, 0.717) is 6.04 Å². The smallest absolute Gasteiger partial charge is 0.0410 e. The van der Waals surface area contributed by atoms with E-state index >= 15 is 0 Å². The van der Waals surface area contributed by atoms with Crippen LogP contribution in [0.5, 0.6) is 0 Å². The van der Waals surface area contributed by atoms with Crippen molar-refractivity contribution in [1.82, 2.24) is 0 Å². The number of halogens is 2. The molecule has 1 aliphatic carbocycles. The van der Waals surface area contributed by atoms with Crippen molar-refractivity contribution in [2.24, 2.45) is 5.92 Å². The van der Waals surface area contributed by atoms with Gasteiger partial charge in [0.05, 0.1) is 0 Å². The molecule has 1 aliphatic rings. The van der Waals surface area contributed by atoms with Gasteiger partial charge in [-0.2, -0.15) is 0 Å². The molecule has 0 amide bonds. The molecule has 0 atom stereocenters. The third-order valence-corrected chi connectivity index (χ3v) is 5.35. The number of nitrogens with zero attached hydrogens (tertiary/aromatic N) is 1. The molecule has 0 heterocycles. The molecule has 0 radical (unpaired) electrons. The van der Waals surface area contributed by atoms with Crippen molar-refractivity contribution in [2.45, 2.75) is 50.4 Å². The van der Waals surface area contributed by atoms with E-state index in [1.807, 2.05) is 6.07 Å². The number of benzene rings is 1. The summed E-state index contributed by atoms with van der Waals surface area (Å²) in [6.07, 6.45) is 6.73. The molecule has 0 saturated heterocycles. The van der Waals surface area contributed by atoms with E-state index in [-0.39, 0.29) is 0 Å². The van der Waals surface area contributed by atoms with E-state index in [9.17, 15) is 0 Å². The largest absolute Gasteiger partial charge is 0.371 e. The molecule has 1 saturated carbocycles. The van der Waals surface area contributed by atoms with Gasteiger partial charge in [-0.05, 0) is 55.4 Å². The van der Waals surface area contributed by atoms with Crippen LogP contribution in [-0.4, -0.2) is 13.1 Å². The second kappa shape index (κ2) is 6.99. The molecule has 1 aromatic carbocycles. The van der Waals surface area contributed by atoms with Gasteiger partial charge in [-0.25, -0.2) is 0 Å². The summed E-state index contributed by atoms with van der Waals surface area (Å²) in [6, 6.07) is 6.91. The van der Waals surface area contributed by atoms with Gasteiger partial charge in [0.2, 0.25) is 0 Å². The Hall–Kier alpha value is -0.210. The van der Waals surface area contributed by atoms with Gasteiger partial charge in [0.25, 0.3) is 0 Å². The van der Waals surface area contributed by atoms with Crippen LogP contribution in [0.2, 0.25) is 5.02 Å². The van der Waals surface area contributed by atoms with Crippen LogP contribution >= 0.6 is 27.5 Å². The molecule has 106 valence electrons. The van der Waals surface area contributed by atoms with E-state index in [4.69, 9.17) is 11.6 Å². The van der Waals surface area contributed by atoms with Crippen molar-refractivity contribution in [1.29, 1.82) is 0 Å². The summed E-state index contributed by atoms with van der Waals surface area (Å²) >= 11 is 9.65. The van der Waals surface area contributed by atoms with Crippen LogP contribution in [-0.2, 0) is 5.33 Å². The minimum Gasteiger partial charge on any atom is -0.371 e. The summed E-state index contributed by atoms with van der Waals surface area (Å²) in [6.45, 7) is 2.32. The Morgan fingerprint density at radius 3 is 2.53 bits per heavy atom. The maximum atomic E-state index is 6.08. The molecule has 0 spiro atoms. The molecule has 0 aromatic heterocycles. The molecule has 0 aliphatic heterocycles. The van der Waals surface area contributed by atoms with Crippen LogP contribution in [0.1, 0.15) is 44.6 Å². The van der Waals surface area contributed by atoms with Crippen LogP contribution in [0, 0.1) is 5.92 Å². The van der Waals surface area contributed by atoms with Crippen LogP contribution in [0.15, 0.2) is 18.2 Å². The SMILES string of the molecule is CCC1CCC(N(C)c2ccc(Cl)cc2CBr)CC1. The Balaban J connectivity index is 2.09. The average molecular weight is 345 g/mol. The molecule has 3 heteroatoms. The Kier molecular flexibility index (Phi) is 5.58. The van der Waals surface area contributed by atoms with Gasteiger partial charge in [0, 0.05) is 29.1 Å². The summed E-state index contributed by atoms with van der Waals surface area (Å²) in [5.41, 5.74) is 2.61. The zero-order chi connectivity index (χ0) is 13.8. The lowest BCUT2D eigenvalue weighted by Gasteiger charge is -2.36. The maximum absolute atomic E-state index is 6.08. The number of alkyl halides is 1. The minimum absolute atomic E-state index is 0.682. The van der Waals surface area contributed by atoms with Crippen molar-refractivity contribution >= 4 is 33.2 Å². The molecule has 0 bridgehead atoms. The number of anilines is 1. The molecule has 2 rings (SSSR count). The molecule has 1 fully saturated rings. The van der Waals surface area contributed by atoms with E-state index in [2.05, 4.69) is 46.9 Å². The quantitative estimate of drug-likeness (QED) is 0.639. The van der Waals surface area contributed by atoms with E-state index in [1.165, 1.54) is 43.4 Å². The topological polar surface area (TPSA) is 3.24 Å². The predicted octanol–water partition coefficient (Wildman–Crippen LogP) is 5.64. The second-order valence-electron chi connectivity index (χ2n) is 5.60. The number of hydrogen-bond acceptors (Lipinski definition) is 1. The maximum Gasteiger partial charge on any atom is 0.0410 e. The molecule has 0 N–H and O–H groups in total. The highest BCUT2D eigenvalue weighted by atomic mass is 79.9. The van der Waals surface area contributed by atoms with Gasteiger partial charge in [-0.3, -0.25) is 0 Å². The van der Waals surface area contributed by atoms with Gasteiger partial charge in [-0.1, -0.05) is 40.9 Å². The highest BCUT2D eigenvalue weighted by Gasteiger charge is 2.24. The van der Waals surface area contributed by atoms with Gasteiger partial charge < -0.3 is 4.90 Å². The molecule has 19 heavy (non-hydrogen) atoms. The monoisotopic (exact) mass is 343 g/mol. The van der Waals surface area contributed by atoms with Gasteiger partial charge >= 0.3 is 0 Å². The molecule has 0 unspecified atom stereocenters. The van der Waals surface area contributed by atoms with Crippen LogP contribution in [0.4, 0.5) is 5.69 Å².